The number of hydrogen-bond acceptors (Lipinski definition) is 4. The molecule has 2 aromatic heterocycles. The Hall–Kier alpha value is -2.70. The summed E-state index contributed by atoms with van der Waals surface area (Å²) < 4.78 is 1.72. The third kappa shape index (κ3) is 3.14. The van der Waals surface area contributed by atoms with Gasteiger partial charge in [0, 0.05) is 21.5 Å². The van der Waals surface area contributed by atoms with Crippen LogP contribution in [0.3, 0.4) is 0 Å². The highest BCUT2D eigenvalue weighted by atomic mass is 35.5. The molecule has 0 aliphatic carbocycles. The molecule has 0 unspecified atom stereocenters. The maximum atomic E-state index is 12.3. The van der Waals surface area contributed by atoms with Crippen molar-refractivity contribution in [1.82, 2.24) is 14.6 Å². The molecule has 124 valence electrons. The Morgan fingerprint density at radius 2 is 2.00 bits per heavy atom. The second-order valence-corrected chi connectivity index (χ2v) is 6.85. The van der Waals surface area contributed by atoms with Crippen LogP contribution in [0.15, 0.2) is 53.9 Å². The molecular formula is C18H13ClN4OS. The van der Waals surface area contributed by atoms with E-state index >= 15 is 0 Å². The predicted octanol–water partition coefficient (Wildman–Crippen LogP) is 4.67. The first-order valence-corrected chi connectivity index (χ1v) is 8.84. The summed E-state index contributed by atoms with van der Waals surface area (Å²) in [5.41, 5.74) is 3.49. The average molecular weight is 369 g/mol. The molecule has 0 radical (unpaired) electrons. The van der Waals surface area contributed by atoms with E-state index in [2.05, 4.69) is 15.4 Å². The molecule has 2 heterocycles. The van der Waals surface area contributed by atoms with Crippen molar-refractivity contribution < 1.29 is 4.79 Å². The molecule has 1 N–H and O–H groups in total. The SMILES string of the molecule is Cc1cccc(C(=O)Nc2nc3scc(-c4ccc(Cl)cc4)n3n2)c1. The van der Waals surface area contributed by atoms with Crippen LogP contribution in [-0.4, -0.2) is 20.5 Å². The van der Waals surface area contributed by atoms with E-state index in [1.807, 2.05) is 54.8 Å². The lowest BCUT2D eigenvalue weighted by atomic mass is 10.1. The first-order chi connectivity index (χ1) is 12.1. The zero-order valence-corrected chi connectivity index (χ0v) is 14.8. The fourth-order valence-electron chi connectivity index (χ4n) is 2.51. The van der Waals surface area contributed by atoms with Crippen molar-refractivity contribution in [3.8, 4) is 11.3 Å². The fourth-order valence-corrected chi connectivity index (χ4v) is 3.47. The molecule has 4 rings (SSSR count). The minimum absolute atomic E-state index is 0.227. The van der Waals surface area contributed by atoms with Gasteiger partial charge in [-0.05, 0) is 31.2 Å². The number of carbonyl (C=O) groups is 1. The number of rotatable bonds is 3. The number of nitrogens with zero attached hydrogens (tertiary/aromatic N) is 3. The Morgan fingerprint density at radius 1 is 1.20 bits per heavy atom. The van der Waals surface area contributed by atoms with E-state index in [1.54, 1.807) is 10.6 Å². The van der Waals surface area contributed by atoms with Gasteiger partial charge in [-0.15, -0.1) is 16.4 Å². The van der Waals surface area contributed by atoms with Gasteiger partial charge in [0.15, 0.2) is 0 Å². The summed E-state index contributed by atoms with van der Waals surface area (Å²) >= 11 is 7.41. The van der Waals surface area contributed by atoms with Crippen molar-refractivity contribution in [1.29, 1.82) is 0 Å². The Balaban J connectivity index is 1.64. The third-order valence-electron chi connectivity index (χ3n) is 3.73. The number of amides is 1. The number of halogens is 1. The number of aromatic nitrogens is 3. The molecular weight excluding hydrogens is 356 g/mol. The highest BCUT2D eigenvalue weighted by Crippen LogP contribution is 2.27. The Kier molecular flexibility index (Phi) is 3.99. The Morgan fingerprint density at radius 3 is 2.76 bits per heavy atom. The predicted molar refractivity (Wildman–Crippen MR) is 100 cm³/mol. The van der Waals surface area contributed by atoms with E-state index in [-0.39, 0.29) is 11.9 Å². The van der Waals surface area contributed by atoms with Crippen molar-refractivity contribution in [3.05, 3.63) is 70.1 Å². The van der Waals surface area contributed by atoms with E-state index in [0.717, 1.165) is 16.8 Å². The van der Waals surface area contributed by atoms with Crippen LogP contribution in [-0.2, 0) is 0 Å². The molecule has 2 aromatic carbocycles. The molecule has 1 amide bonds. The second-order valence-electron chi connectivity index (χ2n) is 5.58. The van der Waals surface area contributed by atoms with Crippen LogP contribution < -0.4 is 5.32 Å². The van der Waals surface area contributed by atoms with Crippen molar-refractivity contribution in [2.45, 2.75) is 6.92 Å². The van der Waals surface area contributed by atoms with Crippen LogP contribution in [0.25, 0.3) is 16.2 Å². The van der Waals surface area contributed by atoms with E-state index < -0.39 is 0 Å². The lowest BCUT2D eigenvalue weighted by Gasteiger charge is -2.02. The van der Waals surface area contributed by atoms with E-state index in [9.17, 15) is 4.79 Å². The molecule has 0 saturated heterocycles. The van der Waals surface area contributed by atoms with Crippen LogP contribution in [0.2, 0.25) is 5.02 Å². The van der Waals surface area contributed by atoms with Gasteiger partial charge < -0.3 is 0 Å². The summed E-state index contributed by atoms with van der Waals surface area (Å²) in [5.74, 6) is 0.0589. The molecule has 25 heavy (non-hydrogen) atoms. The summed E-state index contributed by atoms with van der Waals surface area (Å²) in [6, 6.07) is 14.9. The molecule has 0 aliphatic rings. The van der Waals surface area contributed by atoms with Crippen molar-refractivity contribution in [2.24, 2.45) is 0 Å². The van der Waals surface area contributed by atoms with E-state index in [4.69, 9.17) is 11.6 Å². The highest BCUT2D eigenvalue weighted by molar-refractivity contribution is 7.15. The van der Waals surface area contributed by atoms with Crippen LogP contribution in [0.1, 0.15) is 15.9 Å². The monoisotopic (exact) mass is 368 g/mol. The zero-order valence-electron chi connectivity index (χ0n) is 13.2. The van der Waals surface area contributed by atoms with E-state index in [0.29, 0.717) is 15.5 Å². The minimum atomic E-state index is -0.227. The molecule has 0 aliphatic heterocycles. The van der Waals surface area contributed by atoms with E-state index in [1.165, 1.54) is 11.3 Å². The number of thiazole rings is 1. The molecule has 0 spiro atoms. The fraction of sp³-hybridized carbons (Fsp3) is 0.0556. The summed E-state index contributed by atoms with van der Waals surface area (Å²) in [6.45, 7) is 1.94. The first kappa shape index (κ1) is 15.8. The number of anilines is 1. The van der Waals surface area contributed by atoms with Gasteiger partial charge >= 0.3 is 0 Å². The Labute approximate surface area is 152 Å². The number of aryl methyl sites for hydroxylation is 1. The molecule has 0 fully saturated rings. The van der Waals surface area contributed by atoms with Crippen LogP contribution in [0, 0.1) is 6.92 Å². The third-order valence-corrected chi connectivity index (χ3v) is 4.80. The van der Waals surface area contributed by atoms with Gasteiger partial charge in [-0.3, -0.25) is 10.1 Å². The molecule has 7 heteroatoms. The summed E-state index contributed by atoms with van der Waals surface area (Å²) in [6.07, 6.45) is 0. The van der Waals surface area contributed by atoms with Gasteiger partial charge in [-0.25, -0.2) is 4.52 Å². The summed E-state index contributed by atoms with van der Waals surface area (Å²) in [5, 5.41) is 9.82. The van der Waals surface area contributed by atoms with Crippen LogP contribution in [0.5, 0.6) is 0 Å². The maximum Gasteiger partial charge on any atom is 0.258 e. The van der Waals surface area contributed by atoms with Gasteiger partial charge in [-0.2, -0.15) is 4.98 Å². The largest absolute Gasteiger partial charge is 0.289 e. The standard InChI is InChI=1S/C18H13ClN4OS/c1-11-3-2-4-13(9-11)16(24)20-17-21-18-23(22-17)15(10-25-18)12-5-7-14(19)8-6-12/h2-10H,1H3,(H,20,22,24). The van der Waals surface area contributed by atoms with Crippen molar-refractivity contribution in [3.63, 3.8) is 0 Å². The minimum Gasteiger partial charge on any atom is -0.289 e. The van der Waals surface area contributed by atoms with Gasteiger partial charge in [-0.1, -0.05) is 41.4 Å². The van der Waals surface area contributed by atoms with Gasteiger partial charge in [0.1, 0.15) is 0 Å². The number of hydrogen-bond donors (Lipinski definition) is 1. The lowest BCUT2D eigenvalue weighted by Crippen LogP contribution is -2.13. The van der Waals surface area contributed by atoms with Gasteiger partial charge in [0.25, 0.3) is 11.9 Å². The number of benzene rings is 2. The summed E-state index contributed by atoms with van der Waals surface area (Å²) in [4.78, 5) is 17.4. The number of fused-ring (bicyclic) bond motifs is 1. The van der Waals surface area contributed by atoms with Crippen LogP contribution in [0.4, 0.5) is 5.95 Å². The lowest BCUT2D eigenvalue weighted by molar-refractivity contribution is 0.102. The molecule has 0 bridgehead atoms. The van der Waals surface area contributed by atoms with Crippen molar-refractivity contribution >= 4 is 39.8 Å². The highest BCUT2D eigenvalue weighted by Gasteiger charge is 2.14. The average Bonchev–Trinajstić information content (AvgIpc) is 3.16. The molecule has 4 aromatic rings. The number of nitrogens with one attached hydrogen (secondary N) is 1. The van der Waals surface area contributed by atoms with Gasteiger partial charge in [0.05, 0.1) is 5.69 Å². The smallest absolute Gasteiger partial charge is 0.258 e. The number of carbonyl (C=O) groups excluding carboxylic acids is 1. The Bertz CT molecular complexity index is 1070. The molecule has 5 nitrogen and oxygen atoms in total. The quantitative estimate of drug-likeness (QED) is 0.571. The van der Waals surface area contributed by atoms with Crippen molar-refractivity contribution in [2.75, 3.05) is 5.32 Å². The molecule has 0 saturated carbocycles. The molecule has 0 atom stereocenters. The zero-order chi connectivity index (χ0) is 17.4. The normalized spacial score (nSPS) is 11.0. The van der Waals surface area contributed by atoms with Gasteiger partial charge in [0.2, 0.25) is 4.96 Å². The maximum absolute atomic E-state index is 12.3. The topological polar surface area (TPSA) is 59.3 Å². The van der Waals surface area contributed by atoms with Crippen LogP contribution >= 0.6 is 22.9 Å². The summed E-state index contributed by atoms with van der Waals surface area (Å²) in [7, 11) is 0. The first-order valence-electron chi connectivity index (χ1n) is 7.58. The second kappa shape index (κ2) is 6.31.